The molecule has 0 aliphatic heterocycles. The lowest BCUT2D eigenvalue weighted by Gasteiger charge is -2.03. The van der Waals surface area contributed by atoms with Gasteiger partial charge in [-0.25, -0.2) is 4.98 Å². The maximum atomic E-state index is 5.72. The summed E-state index contributed by atoms with van der Waals surface area (Å²) in [6, 6.07) is 9.71. The summed E-state index contributed by atoms with van der Waals surface area (Å²) in [4.78, 5) is 7.80. The fourth-order valence-electron chi connectivity index (χ4n) is 1.25. The first-order valence-corrected chi connectivity index (χ1v) is 4.21. The van der Waals surface area contributed by atoms with Crippen molar-refractivity contribution in [1.29, 1.82) is 0 Å². The van der Waals surface area contributed by atoms with Crippen LogP contribution < -0.4 is 11.5 Å². The van der Waals surface area contributed by atoms with Crippen molar-refractivity contribution in [3.63, 3.8) is 0 Å². The standard InChI is InChI=1S/C10H10N4.2ClH/c11-9-8(6-13-10(12)14-9)7-4-2-1-3-5-7;;/h1-6H,(H4,11,12,13,14);2*1H. The maximum Gasteiger partial charge on any atom is 0.221 e. The van der Waals surface area contributed by atoms with Gasteiger partial charge in [0.1, 0.15) is 5.82 Å². The molecule has 1 aromatic carbocycles. The first-order valence-electron chi connectivity index (χ1n) is 4.21. The van der Waals surface area contributed by atoms with Gasteiger partial charge in [-0.05, 0) is 5.56 Å². The van der Waals surface area contributed by atoms with Crippen molar-refractivity contribution < 1.29 is 0 Å². The molecule has 0 aliphatic carbocycles. The summed E-state index contributed by atoms with van der Waals surface area (Å²) in [5.41, 5.74) is 12.9. The largest absolute Gasteiger partial charge is 0.383 e. The zero-order chi connectivity index (χ0) is 9.97. The summed E-state index contributed by atoms with van der Waals surface area (Å²) < 4.78 is 0. The fraction of sp³-hybridized carbons (Fsp3) is 0. The fourth-order valence-corrected chi connectivity index (χ4v) is 1.25. The lowest BCUT2D eigenvalue weighted by molar-refractivity contribution is 1.20. The molecule has 4 nitrogen and oxygen atoms in total. The van der Waals surface area contributed by atoms with E-state index in [4.69, 9.17) is 11.5 Å². The Morgan fingerprint density at radius 3 is 2.12 bits per heavy atom. The van der Waals surface area contributed by atoms with Crippen LogP contribution in [0.15, 0.2) is 36.5 Å². The Bertz CT molecular complexity index is 448. The molecule has 0 unspecified atom stereocenters. The topological polar surface area (TPSA) is 77.8 Å². The predicted octanol–water partition coefficient (Wildman–Crippen LogP) is 2.15. The Hall–Kier alpha value is -1.52. The van der Waals surface area contributed by atoms with E-state index in [0.717, 1.165) is 11.1 Å². The summed E-state index contributed by atoms with van der Waals surface area (Å²) >= 11 is 0. The van der Waals surface area contributed by atoms with Gasteiger partial charge in [0.05, 0.1) is 0 Å². The number of nitrogens with zero attached hydrogens (tertiary/aromatic N) is 2. The lowest BCUT2D eigenvalue weighted by atomic mass is 10.1. The second kappa shape index (κ2) is 6.15. The monoisotopic (exact) mass is 258 g/mol. The second-order valence-corrected chi connectivity index (χ2v) is 2.89. The number of benzene rings is 1. The zero-order valence-electron chi connectivity index (χ0n) is 8.33. The molecule has 86 valence electrons. The Balaban J connectivity index is 0.00000112. The molecule has 0 amide bonds. The van der Waals surface area contributed by atoms with Crippen LogP contribution in [-0.2, 0) is 0 Å². The molecule has 0 saturated carbocycles. The highest BCUT2D eigenvalue weighted by molar-refractivity contribution is 5.85. The van der Waals surface area contributed by atoms with E-state index in [2.05, 4.69) is 9.97 Å². The quantitative estimate of drug-likeness (QED) is 0.822. The highest BCUT2D eigenvalue weighted by Gasteiger charge is 2.03. The van der Waals surface area contributed by atoms with Crippen LogP contribution >= 0.6 is 24.8 Å². The first kappa shape index (κ1) is 14.5. The van der Waals surface area contributed by atoms with Gasteiger partial charge in [-0.3, -0.25) is 0 Å². The van der Waals surface area contributed by atoms with Crippen LogP contribution in [0, 0.1) is 0 Å². The highest BCUT2D eigenvalue weighted by atomic mass is 35.5. The van der Waals surface area contributed by atoms with Crippen LogP contribution in [0.3, 0.4) is 0 Å². The average molecular weight is 259 g/mol. The van der Waals surface area contributed by atoms with E-state index >= 15 is 0 Å². The Kier molecular flexibility index (Phi) is 5.56. The lowest BCUT2D eigenvalue weighted by Crippen LogP contribution is -2.00. The molecule has 1 aromatic heterocycles. The van der Waals surface area contributed by atoms with Crippen molar-refractivity contribution in [3.05, 3.63) is 36.5 Å². The minimum atomic E-state index is 0. The third kappa shape index (κ3) is 2.98. The van der Waals surface area contributed by atoms with Crippen molar-refractivity contribution in [3.8, 4) is 11.1 Å². The number of hydrogen-bond acceptors (Lipinski definition) is 4. The third-order valence-electron chi connectivity index (χ3n) is 1.92. The number of nitrogen functional groups attached to an aromatic ring is 2. The third-order valence-corrected chi connectivity index (χ3v) is 1.92. The SMILES string of the molecule is Cl.Cl.Nc1ncc(-c2ccccc2)c(N)n1. The van der Waals surface area contributed by atoms with Crippen molar-refractivity contribution in [2.24, 2.45) is 0 Å². The zero-order valence-corrected chi connectivity index (χ0v) is 9.96. The van der Waals surface area contributed by atoms with Crippen LogP contribution in [0.1, 0.15) is 0 Å². The molecule has 0 atom stereocenters. The maximum absolute atomic E-state index is 5.72. The number of aromatic nitrogens is 2. The molecule has 0 saturated heterocycles. The summed E-state index contributed by atoms with van der Waals surface area (Å²) in [5, 5.41) is 0. The first-order chi connectivity index (χ1) is 6.77. The second-order valence-electron chi connectivity index (χ2n) is 2.89. The molecular weight excluding hydrogens is 247 g/mol. The van der Waals surface area contributed by atoms with Crippen molar-refractivity contribution in [2.45, 2.75) is 0 Å². The minimum absolute atomic E-state index is 0. The molecule has 2 aromatic rings. The van der Waals surface area contributed by atoms with Crippen LogP contribution in [0.25, 0.3) is 11.1 Å². The number of halogens is 2. The summed E-state index contributed by atoms with van der Waals surface area (Å²) in [5.74, 6) is 0.603. The summed E-state index contributed by atoms with van der Waals surface area (Å²) in [6.45, 7) is 0. The van der Waals surface area contributed by atoms with Crippen molar-refractivity contribution in [2.75, 3.05) is 11.5 Å². The van der Waals surface area contributed by atoms with Gasteiger partial charge in [0, 0.05) is 11.8 Å². The number of hydrogen-bond donors (Lipinski definition) is 2. The van der Waals surface area contributed by atoms with Gasteiger partial charge in [-0.2, -0.15) is 4.98 Å². The Morgan fingerprint density at radius 1 is 0.938 bits per heavy atom. The van der Waals surface area contributed by atoms with Gasteiger partial charge < -0.3 is 11.5 Å². The van der Waals surface area contributed by atoms with Crippen LogP contribution in [-0.4, -0.2) is 9.97 Å². The van der Waals surface area contributed by atoms with Crippen LogP contribution in [0.4, 0.5) is 11.8 Å². The molecule has 4 N–H and O–H groups in total. The highest BCUT2D eigenvalue weighted by Crippen LogP contribution is 2.22. The van der Waals surface area contributed by atoms with Gasteiger partial charge in [0.15, 0.2) is 0 Å². The number of nitrogens with two attached hydrogens (primary N) is 2. The average Bonchev–Trinajstić information content (AvgIpc) is 2.19. The van der Waals surface area contributed by atoms with E-state index in [0.29, 0.717) is 5.82 Å². The molecule has 0 aliphatic rings. The van der Waals surface area contributed by atoms with Crippen molar-refractivity contribution >= 4 is 36.6 Å². The van der Waals surface area contributed by atoms with E-state index in [9.17, 15) is 0 Å². The van der Waals surface area contributed by atoms with E-state index in [1.54, 1.807) is 6.20 Å². The summed E-state index contributed by atoms with van der Waals surface area (Å²) in [6.07, 6.45) is 1.63. The molecule has 0 bridgehead atoms. The Labute approximate surface area is 106 Å². The normalized spacial score (nSPS) is 8.75. The van der Waals surface area contributed by atoms with Gasteiger partial charge in [0.25, 0.3) is 0 Å². The smallest absolute Gasteiger partial charge is 0.221 e. The van der Waals surface area contributed by atoms with E-state index in [-0.39, 0.29) is 30.8 Å². The molecule has 0 radical (unpaired) electrons. The van der Waals surface area contributed by atoms with Gasteiger partial charge >= 0.3 is 0 Å². The van der Waals surface area contributed by atoms with E-state index in [1.807, 2.05) is 30.3 Å². The molecule has 0 fully saturated rings. The van der Waals surface area contributed by atoms with E-state index < -0.39 is 0 Å². The Morgan fingerprint density at radius 2 is 1.56 bits per heavy atom. The molecule has 16 heavy (non-hydrogen) atoms. The molecule has 2 rings (SSSR count). The van der Waals surface area contributed by atoms with Crippen LogP contribution in [0.5, 0.6) is 0 Å². The molecule has 6 heteroatoms. The molecular formula is C10H12Cl2N4. The summed E-state index contributed by atoms with van der Waals surface area (Å²) in [7, 11) is 0. The number of rotatable bonds is 1. The van der Waals surface area contributed by atoms with E-state index in [1.165, 1.54) is 0 Å². The minimum Gasteiger partial charge on any atom is -0.383 e. The molecule has 1 heterocycles. The number of anilines is 2. The van der Waals surface area contributed by atoms with Gasteiger partial charge in [0.2, 0.25) is 5.95 Å². The van der Waals surface area contributed by atoms with Gasteiger partial charge in [-0.15, -0.1) is 24.8 Å². The molecule has 0 spiro atoms. The van der Waals surface area contributed by atoms with Crippen molar-refractivity contribution in [1.82, 2.24) is 9.97 Å². The van der Waals surface area contributed by atoms with Crippen LogP contribution in [0.2, 0.25) is 0 Å². The predicted molar refractivity (Wildman–Crippen MR) is 70.8 cm³/mol. The van der Waals surface area contributed by atoms with Gasteiger partial charge in [-0.1, -0.05) is 30.3 Å².